The van der Waals surface area contributed by atoms with Gasteiger partial charge in [-0.3, -0.25) is 19.9 Å². The molecule has 2 aliphatic heterocycles. The number of Topliss-reactive ketones (excluding diaryl/α,β-unsaturated/α-hetero) is 1. The minimum atomic E-state index is -1.53. The molecule has 3 amide bonds. The summed E-state index contributed by atoms with van der Waals surface area (Å²) < 4.78 is 1.76. The lowest BCUT2D eigenvalue weighted by Crippen LogP contribution is -2.63. The Hall–Kier alpha value is -5.20. The van der Waals surface area contributed by atoms with Gasteiger partial charge in [0, 0.05) is 35.9 Å². The number of fused-ring (bicyclic) bond motifs is 1. The molecule has 0 spiro atoms. The molecule has 2 aliphatic rings. The summed E-state index contributed by atoms with van der Waals surface area (Å²) in [5.74, 6) is -3.12. The summed E-state index contributed by atoms with van der Waals surface area (Å²) in [4.78, 5) is 61.7. The molecule has 0 radical (unpaired) electrons. The third kappa shape index (κ3) is 8.15. The van der Waals surface area contributed by atoms with E-state index in [1.165, 1.54) is 18.9 Å². The second-order valence-electron chi connectivity index (χ2n) is 11.3. The molecule has 0 unspecified atom stereocenters. The van der Waals surface area contributed by atoms with Gasteiger partial charge in [-0.1, -0.05) is 40.2 Å². The van der Waals surface area contributed by atoms with Gasteiger partial charge in [-0.25, -0.2) is 9.78 Å². The highest BCUT2D eigenvalue weighted by atomic mass is 35.5. The van der Waals surface area contributed by atoms with E-state index in [-0.39, 0.29) is 62.5 Å². The molecule has 9 N–H and O–H groups in total. The molecule has 1 fully saturated rings. The number of pyridine rings is 1. The Bertz CT molecular complexity index is 1920. The van der Waals surface area contributed by atoms with Crippen LogP contribution >= 0.6 is 34.7 Å². The molecular formula is C31H33ClN10O6S2. The Balaban J connectivity index is 1.25. The molecule has 16 nitrogen and oxygen atoms in total. The zero-order valence-electron chi connectivity index (χ0n) is 26.6. The maximum absolute atomic E-state index is 13.3. The van der Waals surface area contributed by atoms with E-state index in [9.17, 15) is 24.3 Å². The molecule has 19 heteroatoms. The number of hydrogen-bond donors (Lipinski definition) is 6. The minimum Gasteiger partial charge on any atom is -0.543 e. The number of carboxylic acid groups (broad SMARTS) is 1. The van der Waals surface area contributed by atoms with E-state index in [4.69, 9.17) is 39.0 Å². The first-order valence-electron chi connectivity index (χ1n) is 15.1. The molecule has 1 aromatic carbocycles. The highest BCUT2D eigenvalue weighted by Crippen LogP contribution is 2.45. The number of nitrogens with two attached hydrogens (primary N) is 3. The number of halogens is 1. The van der Waals surface area contributed by atoms with Crippen molar-refractivity contribution in [3.63, 3.8) is 0 Å². The maximum Gasteiger partial charge on any atom is 0.323 e. The molecule has 262 valence electrons. The van der Waals surface area contributed by atoms with Crippen molar-refractivity contribution >= 4 is 92.1 Å². The van der Waals surface area contributed by atoms with Gasteiger partial charge in [0.25, 0.3) is 0 Å². The number of hydrogen-bond acceptors (Lipinski definition) is 13. The first-order valence-corrected chi connectivity index (χ1v) is 17.3. The van der Waals surface area contributed by atoms with E-state index < -0.39 is 35.0 Å². The van der Waals surface area contributed by atoms with E-state index in [1.54, 1.807) is 35.2 Å². The number of nitrogens with one attached hydrogen (secondary N) is 3. The number of thiazole rings is 1. The van der Waals surface area contributed by atoms with Crippen molar-refractivity contribution in [3.05, 3.63) is 69.6 Å². The lowest BCUT2D eigenvalue weighted by atomic mass is 9.89. The van der Waals surface area contributed by atoms with Gasteiger partial charge in [-0.15, -0.1) is 11.8 Å². The Morgan fingerprint density at radius 1 is 1.22 bits per heavy atom. The largest absolute Gasteiger partial charge is 0.543 e. The average Bonchev–Trinajstić information content (AvgIpc) is 3.40. The number of carbonyl (C=O) groups excluding carboxylic acids is 4. The zero-order chi connectivity index (χ0) is 36.1. The number of aliphatic carboxylic acids is 1. The maximum atomic E-state index is 13.3. The standard InChI is InChI=1S/C31H33ClN10O6S2/c1-48-40-23(24-26(32)50-30(36)39-24)21(43)11-18-27(44)42-25(29(45)46)16(14-49-28(18)42)12-41-10-9-19(33)20(13-41)38-31(47)37-17-7-5-15(6-8-17)3-2-4-22(34)35/h5-10,13,18,28,33H,2-4,11-12,14H2,1H3,(H8,34,35,36,37,38,39,45,46,47)/b40-23+/t18-,28-/m1/s1. The van der Waals surface area contributed by atoms with Crippen molar-refractivity contribution in [1.82, 2.24) is 9.88 Å². The Labute approximate surface area is 299 Å². The van der Waals surface area contributed by atoms with Crippen LogP contribution in [-0.4, -0.2) is 63.4 Å². The van der Waals surface area contributed by atoms with Crippen molar-refractivity contribution in [3.8, 4) is 0 Å². The third-order valence-corrected chi connectivity index (χ3v) is 10.3. The highest BCUT2D eigenvalue weighted by molar-refractivity contribution is 8.00. The van der Waals surface area contributed by atoms with Crippen LogP contribution in [0.2, 0.25) is 4.34 Å². The number of nitrogens with zero attached hydrogens (tertiary/aromatic N) is 4. The number of amides is 3. The summed E-state index contributed by atoms with van der Waals surface area (Å²) >= 11 is 8.43. The van der Waals surface area contributed by atoms with Gasteiger partial charge in [0.1, 0.15) is 22.8 Å². The summed E-state index contributed by atoms with van der Waals surface area (Å²) in [6.07, 6.45) is 4.90. The van der Waals surface area contributed by atoms with Crippen molar-refractivity contribution in [2.75, 3.05) is 35.0 Å². The van der Waals surface area contributed by atoms with Crippen molar-refractivity contribution in [1.29, 1.82) is 5.41 Å². The van der Waals surface area contributed by atoms with Crippen LogP contribution in [0.15, 0.2) is 59.2 Å². The number of oxime groups is 1. The second kappa shape index (κ2) is 15.6. The number of carboxylic acids is 1. The van der Waals surface area contributed by atoms with Crippen molar-refractivity contribution < 1.29 is 33.7 Å². The highest BCUT2D eigenvalue weighted by Gasteiger charge is 2.53. The average molecular weight is 741 g/mol. The first kappa shape index (κ1) is 36.1. The van der Waals surface area contributed by atoms with Gasteiger partial charge in [-0.05, 0) is 30.5 Å². The minimum absolute atomic E-state index is 0.0395. The molecule has 0 saturated carbocycles. The number of ketones is 1. The zero-order valence-corrected chi connectivity index (χ0v) is 29.0. The van der Waals surface area contributed by atoms with Crippen LogP contribution in [0.5, 0.6) is 0 Å². The molecule has 3 aromatic rings. The number of benzene rings is 1. The number of β-lactam (4-membered cyclic amide) rings is 1. The fourth-order valence-corrected chi connectivity index (χ4v) is 7.83. The molecule has 5 rings (SSSR count). The van der Waals surface area contributed by atoms with Crippen LogP contribution < -0.4 is 37.5 Å². The number of nitrogen functional groups attached to an aromatic ring is 2. The van der Waals surface area contributed by atoms with Gasteiger partial charge in [0.15, 0.2) is 35.6 Å². The van der Waals surface area contributed by atoms with Crippen LogP contribution in [0, 0.1) is 11.3 Å². The molecule has 2 atom stereocenters. The van der Waals surface area contributed by atoms with Gasteiger partial charge >= 0.3 is 6.03 Å². The Morgan fingerprint density at radius 2 is 1.96 bits per heavy atom. The number of thioether (sulfide) groups is 1. The first-order chi connectivity index (χ1) is 23.9. The van der Waals surface area contributed by atoms with Crippen molar-refractivity contribution in [2.24, 2.45) is 16.8 Å². The lowest BCUT2D eigenvalue weighted by molar-refractivity contribution is -0.688. The smallest absolute Gasteiger partial charge is 0.323 e. The SMILES string of the molecule is CO/N=C(\C(=O)C[C@@H]1C(=O)N2C(C(=O)[O-])=C(C[n+]3ccc(N)c(NC(=O)Nc4ccc(CCCC(=N)N)cc4)c3)CS[C@H]12)c1nc(N)sc1Cl. The quantitative estimate of drug-likeness (QED) is 0.0456. The molecule has 2 aromatic heterocycles. The number of urea groups is 1. The van der Waals surface area contributed by atoms with Gasteiger partial charge in [0.2, 0.25) is 5.91 Å². The summed E-state index contributed by atoms with van der Waals surface area (Å²) in [6, 6.07) is 8.28. The monoisotopic (exact) mass is 740 g/mol. The van der Waals surface area contributed by atoms with Crippen LogP contribution in [0.4, 0.5) is 27.0 Å². The van der Waals surface area contributed by atoms with E-state index in [0.717, 1.165) is 34.6 Å². The van der Waals surface area contributed by atoms with Crippen LogP contribution in [0.1, 0.15) is 30.5 Å². The van der Waals surface area contributed by atoms with Gasteiger partial charge < -0.3 is 42.6 Å². The number of carbonyl (C=O) groups is 4. The molecule has 1 saturated heterocycles. The van der Waals surface area contributed by atoms with Crippen molar-refractivity contribution in [2.45, 2.75) is 37.6 Å². The topological polar surface area (TPSA) is 259 Å². The normalized spacial score (nSPS) is 17.1. The number of anilines is 4. The third-order valence-electron chi connectivity index (χ3n) is 7.83. The van der Waals surface area contributed by atoms with Crippen LogP contribution in [-0.2, 0) is 32.2 Å². The van der Waals surface area contributed by atoms with Gasteiger partial charge in [0.05, 0.1) is 34.5 Å². The Kier molecular flexibility index (Phi) is 11.2. The summed E-state index contributed by atoms with van der Waals surface area (Å²) in [7, 11) is 1.25. The van der Waals surface area contributed by atoms with E-state index in [1.807, 2.05) is 12.1 Å². The molecular weight excluding hydrogens is 708 g/mol. The number of amidine groups is 1. The Morgan fingerprint density at radius 3 is 2.60 bits per heavy atom. The second-order valence-corrected chi connectivity index (χ2v) is 14.1. The summed E-state index contributed by atoms with van der Waals surface area (Å²) in [6.45, 7) is 0.0481. The molecule has 4 heterocycles. The number of aryl methyl sites for hydroxylation is 1. The molecule has 0 aliphatic carbocycles. The lowest BCUT2D eigenvalue weighted by Gasteiger charge is -2.50. The van der Waals surface area contributed by atoms with E-state index >= 15 is 0 Å². The predicted octanol–water partition coefficient (Wildman–Crippen LogP) is 1.70. The van der Waals surface area contributed by atoms with Crippen LogP contribution in [0.3, 0.4) is 0 Å². The molecule has 0 bridgehead atoms. The van der Waals surface area contributed by atoms with E-state index in [2.05, 4.69) is 20.8 Å². The van der Waals surface area contributed by atoms with E-state index in [0.29, 0.717) is 17.7 Å². The number of rotatable bonds is 14. The predicted molar refractivity (Wildman–Crippen MR) is 188 cm³/mol. The number of aromatic nitrogens is 2. The fraction of sp³-hybridized carbons (Fsp3) is 0.290. The molecule has 50 heavy (non-hydrogen) atoms. The summed E-state index contributed by atoms with van der Waals surface area (Å²) in [5, 5.41) is 28.4. The van der Waals surface area contributed by atoms with Crippen LogP contribution in [0.25, 0.3) is 0 Å². The van der Waals surface area contributed by atoms with Gasteiger partial charge in [-0.2, -0.15) is 4.57 Å². The summed E-state index contributed by atoms with van der Waals surface area (Å²) in [5.41, 5.74) is 19.3. The fourth-order valence-electron chi connectivity index (χ4n) is 5.50.